The normalized spacial score (nSPS) is 12.1. The number of carbonyl (C=O) groups excluding carboxylic acids is 1. The molecule has 0 fully saturated rings. The summed E-state index contributed by atoms with van der Waals surface area (Å²) in [5, 5.41) is 17.9. The van der Waals surface area contributed by atoms with Crippen LogP contribution in [0.3, 0.4) is 0 Å². The van der Waals surface area contributed by atoms with Crippen molar-refractivity contribution in [2.45, 2.75) is 6.10 Å². The van der Waals surface area contributed by atoms with Gasteiger partial charge in [-0.3, -0.25) is 5.32 Å². The van der Waals surface area contributed by atoms with E-state index in [1.54, 1.807) is 0 Å². The van der Waals surface area contributed by atoms with Crippen molar-refractivity contribution in [2.24, 2.45) is 7.05 Å². The van der Waals surface area contributed by atoms with Crippen LogP contribution < -0.4 is 10.6 Å². The van der Waals surface area contributed by atoms with E-state index in [1.807, 2.05) is 47.5 Å². The van der Waals surface area contributed by atoms with Crippen molar-refractivity contribution in [3.05, 3.63) is 41.5 Å². The molecule has 2 heterocycles. The van der Waals surface area contributed by atoms with Crippen LogP contribution in [0.4, 0.5) is 9.80 Å². The molecule has 0 bridgehead atoms. The van der Waals surface area contributed by atoms with Crippen LogP contribution in [0, 0.1) is 0 Å². The van der Waals surface area contributed by atoms with Crippen molar-refractivity contribution in [1.82, 2.24) is 9.88 Å². The van der Waals surface area contributed by atoms with Gasteiger partial charge in [0, 0.05) is 18.9 Å². The first-order chi connectivity index (χ1) is 8.66. The molecular formula is C12H15N3O2S. The SMILES string of the molecule is Cn1cccc1C(O)CNC(=O)Nc1cccs1. The zero-order valence-corrected chi connectivity index (χ0v) is 10.8. The maximum Gasteiger partial charge on any atom is 0.319 e. The predicted octanol–water partition coefficient (Wildman–Crippen LogP) is 1.94. The largest absolute Gasteiger partial charge is 0.385 e. The molecule has 0 radical (unpaired) electrons. The number of aryl methyl sites for hydroxylation is 1. The molecule has 2 aromatic heterocycles. The minimum absolute atomic E-state index is 0.176. The average Bonchev–Trinajstić information content (AvgIpc) is 2.97. The Kier molecular flexibility index (Phi) is 4.01. The Morgan fingerprint density at radius 2 is 2.33 bits per heavy atom. The molecular weight excluding hydrogens is 250 g/mol. The maximum atomic E-state index is 11.5. The average molecular weight is 265 g/mol. The quantitative estimate of drug-likeness (QED) is 0.791. The lowest BCUT2D eigenvalue weighted by atomic mass is 10.2. The first kappa shape index (κ1) is 12.7. The van der Waals surface area contributed by atoms with Gasteiger partial charge in [0.2, 0.25) is 0 Å². The number of anilines is 1. The third kappa shape index (κ3) is 3.12. The highest BCUT2D eigenvalue weighted by Crippen LogP contribution is 2.15. The molecule has 6 heteroatoms. The number of amides is 2. The van der Waals surface area contributed by atoms with Gasteiger partial charge in [-0.25, -0.2) is 4.79 Å². The smallest absolute Gasteiger partial charge is 0.319 e. The van der Waals surface area contributed by atoms with Crippen LogP contribution >= 0.6 is 11.3 Å². The highest BCUT2D eigenvalue weighted by Gasteiger charge is 2.11. The zero-order chi connectivity index (χ0) is 13.0. The third-order valence-corrected chi connectivity index (χ3v) is 3.32. The van der Waals surface area contributed by atoms with Gasteiger partial charge in [-0.1, -0.05) is 0 Å². The van der Waals surface area contributed by atoms with Crippen molar-refractivity contribution < 1.29 is 9.90 Å². The van der Waals surface area contributed by atoms with E-state index in [4.69, 9.17) is 0 Å². The van der Waals surface area contributed by atoms with Crippen LogP contribution in [0.25, 0.3) is 0 Å². The fourth-order valence-corrected chi connectivity index (χ4v) is 2.23. The molecule has 0 spiro atoms. The third-order valence-electron chi connectivity index (χ3n) is 2.54. The number of nitrogens with one attached hydrogen (secondary N) is 2. The molecule has 1 atom stereocenters. The number of hydrogen-bond acceptors (Lipinski definition) is 3. The van der Waals surface area contributed by atoms with Crippen LogP contribution in [0.5, 0.6) is 0 Å². The monoisotopic (exact) mass is 265 g/mol. The molecule has 1 unspecified atom stereocenters. The molecule has 18 heavy (non-hydrogen) atoms. The van der Waals surface area contributed by atoms with Crippen LogP contribution in [-0.4, -0.2) is 22.2 Å². The number of nitrogens with zero attached hydrogens (tertiary/aromatic N) is 1. The van der Waals surface area contributed by atoms with Gasteiger partial charge in [0.25, 0.3) is 0 Å². The number of aliphatic hydroxyl groups is 1. The summed E-state index contributed by atoms with van der Waals surface area (Å²) in [5.74, 6) is 0. The molecule has 0 aliphatic heterocycles. The van der Waals surface area contributed by atoms with E-state index in [2.05, 4.69) is 10.6 Å². The van der Waals surface area contributed by atoms with Crippen LogP contribution in [0.15, 0.2) is 35.8 Å². The number of carbonyl (C=O) groups is 1. The predicted molar refractivity (Wildman–Crippen MR) is 71.7 cm³/mol. The minimum Gasteiger partial charge on any atom is -0.385 e. The lowest BCUT2D eigenvalue weighted by Crippen LogP contribution is -2.32. The van der Waals surface area contributed by atoms with Crippen LogP contribution in [-0.2, 0) is 7.05 Å². The number of hydrogen-bond donors (Lipinski definition) is 3. The van der Waals surface area contributed by atoms with Gasteiger partial charge in [0.15, 0.2) is 0 Å². The first-order valence-electron chi connectivity index (χ1n) is 5.54. The number of thiophene rings is 1. The standard InChI is InChI=1S/C12H15N3O2S/c1-15-6-2-4-9(15)10(16)8-13-12(17)14-11-5-3-7-18-11/h2-7,10,16H,8H2,1H3,(H2,13,14,17). The Morgan fingerprint density at radius 3 is 2.94 bits per heavy atom. The molecule has 3 N–H and O–H groups in total. The fourth-order valence-electron chi connectivity index (χ4n) is 1.62. The van der Waals surface area contributed by atoms with E-state index in [1.165, 1.54) is 11.3 Å². The number of urea groups is 1. The van der Waals surface area contributed by atoms with E-state index in [0.717, 1.165) is 10.7 Å². The van der Waals surface area contributed by atoms with E-state index < -0.39 is 6.10 Å². The van der Waals surface area contributed by atoms with Crippen LogP contribution in [0.2, 0.25) is 0 Å². The minimum atomic E-state index is -0.709. The summed E-state index contributed by atoms with van der Waals surface area (Å²) in [6.07, 6.45) is 1.14. The Balaban J connectivity index is 1.81. The second kappa shape index (κ2) is 5.70. The first-order valence-corrected chi connectivity index (χ1v) is 6.42. The lowest BCUT2D eigenvalue weighted by molar-refractivity contribution is 0.167. The molecule has 0 saturated heterocycles. The number of aromatic nitrogens is 1. The van der Waals surface area contributed by atoms with Crippen molar-refractivity contribution in [3.8, 4) is 0 Å². The van der Waals surface area contributed by atoms with E-state index in [9.17, 15) is 9.90 Å². The Hall–Kier alpha value is -1.79. The Labute approximate surface area is 109 Å². The van der Waals surface area contributed by atoms with E-state index in [0.29, 0.717) is 0 Å². The molecule has 96 valence electrons. The molecule has 0 saturated carbocycles. The topological polar surface area (TPSA) is 66.3 Å². The molecule has 2 rings (SSSR count). The molecule has 5 nitrogen and oxygen atoms in total. The summed E-state index contributed by atoms with van der Waals surface area (Å²) >= 11 is 1.45. The second-order valence-corrected chi connectivity index (χ2v) is 4.82. The lowest BCUT2D eigenvalue weighted by Gasteiger charge is -2.13. The highest BCUT2D eigenvalue weighted by molar-refractivity contribution is 7.14. The van der Waals surface area contributed by atoms with Crippen molar-refractivity contribution in [3.63, 3.8) is 0 Å². The number of aliphatic hydroxyl groups excluding tert-OH is 1. The summed E-state index contributed by atoms with van der Waals surface area (Å²) in [4.78, 5) is 11.5. The van der Waals surface area contributed by atoms with Gasteiger partial charge >= 0.3 is 6.03 Å². The second-order valence-electron chi connectivity index (χ2n) is 3.87. The number of rotatable bonds is 4. The van der Waals surface area contributed by atoms with Gasteiger partial charge in [0.05, 0.1) is 11.5 Å². The Morgan fingerprint density at radius 1 is 1.50 bits per heavy atom. The summed E-state index contributed by atoms with van der Waals surface area (Å²) in [5.41, 5.74) is 0.770. The summed E-state index contributed by atoms with van der Waals surface area (Å²) in [6, 6.07) is 7.04. The summed E-state index contributed by atoms with van der Waals surface area (Å²) < 4.78 is 1.82. The fraction of sp³-hybridized carbons (Fsp3) is 0.250. The molecule has 0 aromatic carbocycles. The molecule has 0 aliphatic carbocycles. The zero-order valence-electron chi connectivity index (χ0n) is 9.96. The molecule has 2 aromatic rings. The van der Waals surface area contributed by atoms with Crippen molar-refractivity contribution in [1.29, 1.82) is 0 Å². The Bertz CT molecular complexity index is 507. The van der Waals surface area contributed by atoms with Gasteiger partial charge in [-0.15, -0.1) is 11.3 Å². The van der Waals surface area contributed by atoms with E-state index in [-0.39, 0.29) is 12.6 Å². The van der Waals surface area contributed by atoms with Gasteiger partial charge in [-0.2, -0.15) is 0 Å². The molecule has 2 amide bonds. The van der Waals surface area contributed by atoms with E-state index >= 15 is 0 Å². The van der Waals surface area contributed by atoms with Crippen molar-refractivity contribution >= 4 is 22.4 Å². The highest BCUT2D eigenvalue weighted by atomic mass is 32.1. The van der Waals surface area contributed by atoms with Gasteiger partial charge in [-0.05, 0) is 29.6 Å². The van der Waals surface area contributed by atoms with Crippen molar-refractivity contribution in [2.75, 3.05) is 11.9 Å². The van der Waals surface area contributed by atoms with Gasteiger partial charge < -0.3 is 15.0 Å². The summed E-state index contributed by atoms with van der Waals surface area (Å²) in [7, 11) is 1.85. The maximum absolute atomic E-state index is 11.5. The molecule has 0 aliphatic rings. The summed E-state index contributed by atoms with van der Waals surface area (Å²) in [6.45, 7) is 0.176. The van der Waals surface area contributed by atoms with Gasteiger partial charge in [0.1, 0.15) is 6.10 Å². The van der Waals surface area contributed by atoms with Crippen LogP contribution in [0.1, 0.15) is 11.8 Å².